The molecule has 130 heavy (non-hydrogen) atoms. The zero-order valence-electron chi connectivity index (χ0n) is 74.5. The van der Waals surface area contributed by atoms with E-state index in [9.17, 15) is 18.8 Å². The maximum atomic E-state index is 13.7. The summed E-state index contributed by atoms with van der Waals surface area (Å²) >= 11 is 13.1. The smallest absolute Gasteiger partial charge is 0.318 e. The van der Waals surface area contributed by atoms with Gasteiger partial charge in [-0.15, -0.1) is 0 Å². The van der Waals surface area contributed by atoms with Crippen molar-refractivity contribution >= 4 is 79.9 Å². The van der Waals surface area contributed by atoms with Crippen molar-refractivity contribution in [2.45, 2.75) is 139 Å². The van der Waals surface area contributed by atoms with Gasteiger partial charge in [0.1, 0.15) is 55.4 Å². The summed E-state index contributed by atoms with van der Waals surface area (Å²) in [4.78, 5) is 99.2. The van der Waals surface area contributed by atoms with Crippen molar-refractivity contribution in [2.24, 2.45) is 0 Å². The van der Waals surface area contributed by atoms with Crippen LogP contribution in [0.1, 0.15) is 113 Å². The van der Waals surface area contributed by atoms with Gasteiger partial charge in [-0.1, -0.05) is 127 Å². The normalized spacial score (nSPS) is 23.2. The third-order valence-corrected chi connectivity index (χ3v) is 27.7. The Hall–Kier alpha value is -11.1. The molecule has 3 aromatic heterocycles. The first-order valence-corrected chi connectivity index (χ1v) is 46.1. The van der Waals surface area contributed by atoms with E-state index >= 15 is 0 Å². The number of fused-ring (bicyclic) bond motifs is 5. The van der Waals surface area contributed by atoms with Crippen LogP contribution in [0.3, 0.4) is 0 Å². The molecule has 3 amide bonds. The Morgan fingerprint density at radius 2 is 0.892 bits per heavy atom. The van der Waals surface area contributed by atoms with Gasteiger partial charge in [-0.05, 0) is 143 Å². The average molecular weight is 1810 g/mol. The molecule has 10 aliphatic heterocycles. The molecule has 0 radical (unpaired) electrons. The molecule has 9 atom stereocenters. The number of hydrogen-bond donors (Lipinski definition) is 0. The van der Waals surface area contributed by atoms with Crippen molar-refractivity contribution in [3.8, 4) is 18.0 Å². The molecule has 0 saturated carbocycles. The summed E-state index contributed by atoms with van der Waals surface area (Å²) in [5.41, 5.74) is 9.71. The second-order valence-electron chi connectivity index (χ2n) is 35.1. The first-order chi connectivity index (χ1) is 63.3. The van der Waals surface area contributed by atoms with E-state index in [4.69, 9.17) is 106 Å². The molecule has 0 spiro atoms. The highest BCUT2D eigenvalue weighted by Crippen LogP contribution is 2.44. The zero-order valence-corrected chi connectivity index (χ0v) is 76.1. The maximum absolute atomic E-state index is 13.7. The van der Waals surface area contributed by atoms with Gasteiger partial charge < -0.3 is 91.8 Å². The van der Waals surface area contributed by atoms with Crippen molar-refractivity contribution in [1.29, 1.82) is 0 Å². The number of aryl methyl sites for hydroxylation is 1. The number of carbonyl (C=O) groups is 3. The van der Waals surface area contributed by atoms with Crippen LogP contribution in [-0.2, 0) is 72.4 Å². The summed E-state index contributed by atoms with van der Waals surface area (Å²) in [6, 6.07) is 33.5. The molecule has 29 nitrogen and oxygen atoms in total. The van der Waals surface area contributed by atoms with Gasteiger partial charge in [-0.2, -0.15) is 29.9 Å². The number of nitrogens with zero attached hydrogens (tertiary/aromatic N) is 19. The molecule has 0 aliphatic carbocycles. The summed E-state index contributed by atoms with van der Waals surface area (Å²) < 4.78 is 57.3. The Morgan fingerprint density at radius 1 is 0.492 bits per heavy atom. The van der Waals surface area contributed by atoms with Gasteiger partial charge in [0.15, 0.2) is 5.83 Å². The second-order valence-corrected chi connectivity index (χ2v) is 35.9. The Bertz CT molecular complexity index is 5600. The van der Waals surface area contributed by atoms with Crippen molar-refractivity contribution in [2.75, 3.05) is 187 Å². The number of likely N-dealkylation sites (tertiary alicyclic amines) is 3. The molecule has 18 rings (SSSR count). The van der Waals surface area contributed by atoms with E-state index in [1.165, 1.54) is 32.9 Å². The van der Waals surface area contributed by atoms with E-state index in [1.807, 2.05) is 58.3 Å². The van der Waals surface area contributed by atoms with E-state index in [-0.39, 0.29) is 75.0 Å². The predicted octanol–water partition coefficient (Wildman–Crippen LogP) is 12.6. The topological polar surface area (TPSA) is 239 Å². The standard InChI is InChI=1S/C38H47N7O4.C32H35ClN6O3.C28H32ClFN6O3/c1-27-8-4-9-28-10-5-12-31(36(27)28)34-22-33-32(26-48-34)37(41-38(40-33)49-25-29-11-6-14-42(29)3)44-16-17-45(30(24-44)23-39-2)35(46)13-7-15-43-18-20-47-21-19-43;1-4-29(40)39-15-14-38(18-23(39)17-34-2)31-25-20-41-28(24-11-5-8-21-9-6-12-26(33)30(21)24)16-27(25)35-32(36-31)42-19-22-10-7-13-37(22)3;1-18(30)27(37)36-12-11-35(15-20(36)14-31-2)26-22-17-38-25(21-8-4-5-9-23(21)29)13-24(22)32-28(33-26)39-16-19-7-6-10-34(19)3/h4-5,7-10,12-13,29-30,34H,6,11,14-26H2,1,3H3;4-6,8-9,11-12,22-23,28H,1,7,10,13-20H2,3H3;4-5,8-9,19-20,25H,1,6-7,10-17H2,3H3/b13-7+;;/t29-,30-,34?;22-,23-,28?;19-,20-,25?/m000/s1. The number of hydrogen-bond acceptors (Lipinski definition) is 23. The molecule has 32 heteroatoms. The fraction of sp³-hybridized carbons (Fsp3) is 0.490. The summed E-state index contributed by atoms with van der Waals surface area (Å²) in [7, 11) is 6.36. The lowest BCUT2D eigenvalue weighted by molar-refractivity contribution is -0.131. The van der Waals surface area contributed by atoms with Crippen molar-refractivity contribution in [1.82, 2.24) is 64.2 Å². The van der Waals surface area contributed by atoms with Crippen LogP contribution in [0.4, 0.5) is 21.8 Å². The third-order valence-electron chi connectivity index (χ3n) is 27.0. The maximum Gasteiger partial charge on any atom is 0.318 e. The van der Waals surface area contributed by atoms with Crippen LogP contribution < -0.4 is 28.9 Å². The lowest BCUT2D eigenvalue weighted by Gasteiger charge is -2.40. The van der Waals surface area contributed by atoms with Gasteiger partial charge in [0, 0.05) is 154 Å². The quantitative estimate of drug-likeness (QED) is 0.0427. The number of piperazine rings is 3. The van der Waals surface area contributed by atoms with E-state index in [1.54, 1.807) is 11.0 Å². The molecule has 7 saturated heterocycles. The monoisotopic (exact) mass is 1810 g/mol. The number of aromatic nitrogens is 6. The number of ether oxygens (including phenoxy) is 7. The molecular formula is C98H114Cl2FN19O10. The fourth-order valence-electron chi connectivity index (χ4n) is 19.7. The van der Waals surface area contributed by atoms with Crippen LogP contribution in [0.15, 0.2) is 134 Å². The number of carbonyl (C=O) groups excluding carboxylic acids is 3. The molecule has 682 valence electrons. The predicted molar refractivity (Wildman–Crippen MR) is 497 cm³/mol. The van der Waals surface area contributed by atoms with Gasteiger partial charge >= 0.3 is 18.0 Å². The first-order valence-electron chi connectivity index (χ1n) is 45.3. The molecule has 0 N–H and O–H groups in total. The number of morpholine rings is 1. The van der Waals surface area contributed by atoms with Crippen molar-refractivity contribution in [3.05, 3.63) is 235 Å². The molecular weight excluding hydrogens is 1690 g/mol. The molecule has 0 bridgehead atoms. The highest BCUT2D eigenvalue weighted by Gasteiger charge is 2.42. The van der Waals surface area contributed by atoms with Gasteiger partial charge in [0.2, 0.25) is 31.4 Å². The molecule has 13 heterocycles. The average Bonchev–Trinajstić information content (AvgIpc) is 1.26. The Balaban J connectivity index is 0.000000144. The fourth-order valence-corrected chi connectivity index (χ4v) is 20.3. The first kappa shape index (κ1) is 92.2. The van der Waals surface area contributed by atoms with Crippen molar-refractivity contribution < 1.29 is 51.9 Å². The van der Waals surface area contributed by atoms with Gasteiger partial charge in [0.05, 0.1) is 68.4 Å². The summed E-state index contributed by atoms with van der Waals surface area (Å²) in [6.07, 6.45) is 12.6. The van der Waals surface area contributed by atoms with Crippen molar-refractivity contribution in [3.63, 3.8) is 0 Å². The lowest BCUT2D eigenvalue weighted by atomic mass is 9.92. The largest absolute Gasteiger partial charge is 0.462 e. The molecule has 8 aromatic rings. The van der Waals surface area contributed by atoms with E-state index in [2.05, 4.69) is 140 Å². The minimum atomic E-state index is -1.02. The summed E-state index contributed by atoms with van der Waals surface area (Å²) in [5, 5.41) is 5.83. The zero-order chi connectivity index (χ0) is 90.5. The van der Waals surface area contributed by atoms with Gasteiger partial charge in [-0.3, -0.25) is 19.3 Å². The number of benzene rings is 5. The number of anilines is 3. The minimum absolute atomic E-state index is 0.0469. The minimum Gasteiger partial charge on any atom is -0.462 e. The molecule has 5 aromatic carbocycles. The van der Waals surface area contributed by atoms with Crippen LogP contribution in [0.5, 0.6) is 18.0 Å². The summed E-state index contributed by atoms with van der Waals surface area (Å²) in [6.45, 7) is 45.7. The van der Waals surface area contributed by atoms with E-state index < -0.39 is 17.8 Å². The number of amides is 3. The Labute approximate surface area is 770 Å². The van der Waals surface area contributed by atoms with Crippen LogP contribution in [-0.4, -0.2) is 290 Å². The van der Waals surface area contributed by atoms with Crippen LogP contribution in [0.25, 0.3) is 36.1 Å². The van der Waals surface area contributed by atoms with Gasteiger partial charge in [0.25, 0.3) is 5.91 Å². The second kappa shape index (κ2) is 42.9. The SMILES string of the molecule is [C-]#[N+]C[C@H]1CN(c2nc(OC[C@@H]3CCCN3C)nc3c2COC(c2cccc4cccc(C)c24)C3)CCN1C(=O)/C=C/CN1CCOCC1.[C-]#[N+]C[C@H]1CN(c2nc(OC[C@@H]3CCCN3C)nc3c2COC(c2cccc4cccc(Cl)c24)C3)CCN1C(=O)C=C.[C-]#[N+]C[C@H]1CN(c2nc(OC[C@@H]3CCCN3C)nc3c2COC(c2ccccc2Cl)C3)CCN1C(=O)C(=C)F. The van der Waals surface area contributed by atoms with Crippen LogP contribution in [0, 0.1) is 26.6 Å². The number of likely N-dealkylation sites (N-methyl/N-ethyl adjacent to an activating group) is 3. The van der Waals surface area contributed by atoms with Crippen LogP contribution in [0.2, 0.25) is 10.0 Å². The van der Waals surface area contributed by atoms with Gasteiger partial charge in [-0.25, -0.2) is 24.1 Å². The number of rotatable bonds is 23. The Kier molecular flexibility index (Phi) is 30.4. The lowest BCUT2D eigenvalue weighted by Crippen LogP contribution is -2.57. The Morgan fingerprint density at radius 3 is 1.33 bits per heavy atom. The van der Waals surface area contributed by atoms with E-state index in [0.29, 0.717) is 163 Å². The van der Waals surface area contributed by atoms with E-state index in [0.717, 1.165) is 152 Å². The molecule has 3 unspecified atom stereocenters. The third kappa shape index (κ3) is 21.3. The highest BCUT2D eigenvalue weighted by molar-refractivity contribution is 6.35. The molecule has 7 fully saturated rings. The number of halogens is 3. The highest BCUT2D eigenvalue weighted by atomic mass is 35.5. The summed E-state index contributed by atoms with van der Waals surface area (Å²) in [5.74, 6) is 0.203. The van der Waals surface area contributed by atoms with Crippen LogP contribution >= 0.6 is 23.2 Å². The molecule has 10 aliphatic rings.